The summed E-state index contributed by atoms with van der Waals surface area (Å²) in [5, 5.41) is 0. The summed E-state index contributed by atoms with van der Waals surface area (Å²) in [6.07, 6.45) is 7.09. The van der Waals surface area contributed by atoms with Crippen LogP contribution in [0, 0.1) is 18.3 Å². The number of carbonyl (C=O) groups is 2. The molecule has 2 aromatic heterocycles. The number of hydrogen-bond donors (Lipinski definition) is 0. The Hall–Kier alpha value is -2.15. The van der Waals surface area contributed by atoms with E-state index in [2.05, 4.69) is 9.88 Å². The number of amides is 2. The van der Waals surface area contributed by atoms with Gasteiger partial charge < -0.3 is 14.4 Å². The smallest absolute Gasteiger partial charge is 0.263 e. The molecule has 148 valence electrons. The van der Waals surface area contributed by atoms with E-state index in [9.17, 15) is 9.59 Å². The van der Waals surface area contributed by atoms with Crippen molar-refractivity contribution in [1.82, 2.24) is 19.4 Å². The molecule has 1 aliphatic carbocycles. The van der Waals surface area contributed by atoms with Crippen LogP contribution >= 0.6 is 11.3 Å². The Morgan fingerprint density at radius 2 is 2.18 bits per heavy atom. The van der Waals surface area contributed by atoms with Crippen molar-refractivity contribution in [1.29, 1.82) is 0 Å². The van der Waals surface area contributed by atoms with Gasteiger partial charge in [0, 0.05) is 50.2 Å². The van der Waals surface area contributed by atoms with Gasteiger partial charge in [0.05, 0.1) is 22.3 Å². The van der Waals surface area contributed by atoms with E-state index in [1.54, 1.807) is 6.33 Å². The Bertz CT molecular complexity index is 930. The van der Waals surface area contributed by atoms with Crippen molar-refractivity contribution in [2.24, 2.45) is 18.4 Å². The second kappa shape index (κ2) is 6.44. The third-order valence-corrected chi connectivity index (χ3v) is 7.57. The van der Waals surface area contributed by atoms with E-state index in [1.165, 1.54) is 24.2 Å². The lowest BCUT2D eigenvalue weighted by Gasteiger charge is -2.27. The Balaban J connectivity index is 1.46. The molecule has 0 unspecified atom stereocenters. The molecule has 1 spiro atoms. The van der Waals surface area contributed by atoms with Gasteiger partial charge in [-0.05, 0) is 44.2 Å². The molecule has 4 heterocycles. The Kier molecular flexibility index (Phi) is 4.12. The van der Waals surface area contributed by atoms with Crippen LogP contribution in [0.4, 0.5) is 0 Å². The number of imidazole rings is 1. The molecular formula is C21H26N4O2S. The van der Waals surface area contributed by atoms with Gasteiger partial charge in [0.15, 0.2) is 0 Å². The zero-order valence-electron chi connectivity index (χ0n) is 16.4. The maximum absolute atomic E-state index is 13.5. The minimum absolute atomic E-state index is 0.0320. The largest absolute Gasteiger partial charge is 0.342 e. The van der Waals surface area contributed by atoms with E-state index in [-0.39, 0.29) is 17.7 Å². The zero-order chi connectivity index (χ0) is 19.5. The summed E-state index contributed by atoms with van der Waals surface area (Å²) < 4.78 is 1.93. The third-order valence-electron chi connectivity index (χ3n) is 6.58. The first-order chi connectivity index (χ1) is 13.5. The van der Waals surface area contributed by atoms with Crippen LogP contribution in [0.1, 0.15) is 45.4 Å². The fraction of sp³-hybridized carbons (Fsp3) is 0.571. The molecule has 2 aromatic rings. The normalized spacial score (nSPS) is 27.4. The first kappa shape index (κ1) is 17.9. The Morgan fingerprint density at radius 1 is 1.36 bits per heavy atom. The molecule has 0 radical (unpaired) electrons. The molecule has 2 amide bonds. The Labute approximate surface area is 169 Å². The predicted molar refractivity (Wildman–Crippen MR) is 107 cm³/mol. The van der Waals surface area contributed by atoms with Crippen LogP contribution < -0.4 is 0 Å². The van der Waals surface area contributed by atoms with Gasteiger partial charge in [0.25, 0.3) is 5.91 Å². The molecule has 6 nitrogen and oxygen atoms in total. The number of likely N-dealkylation sites (tertiary alicyclic amines) is 2. The summed E-state index contributed by atoms with van der Waals surface area (Å²) in [5.41, 5.74) is 0.410. The van der Waals surface area contributed by atoms with Crippen molar-refractivity contribution in [3.63, 3.8) is 0 Å². The van der Waals surface area contributed by atoms with E-state index in [0.717, 1.165) is 35.0 Å². The average molecular weight is 399 g/mol. The molecule has 5 rings (SSSR count). The van der Waals surface area contributed by atoms with Crippen LogP contribution in [0.3, 0.4) is 0 Å². The first-order valence-corrected chi connectivity index (χ1v) is 10.9. The van der Waals surface area contributed by atoms with Gasteiger partial charge in [-0.25, -0.2) is 4.98 Å². The van der Waals surface area contributed by atoms with Gasteiger partial charge >= 0.3 is 0 Å². The van der Waals surface area contributed by atoms with Crippen molar-refractivity contribution in [3.05, 3.63) is 40.1 Å². The number of aromatic nitrogens is 2. The third kappa shape index (κ3) is 2.87. The van der Waals surface area contributed by atoms with E-state index in [0.29, 0.717) is 19.0 Å². The SMILES string of the molecule is Cc1ccc(C(=O)N2C[C@H](c3cn(C)cn3)[C@@]3(CCN(CC4CC4)C3=O)C2)s1. The minimum atomic E-state index is -0.523. The van der Waals surface area contributed by atoms with Crippen LogP contribution in [0.15, 0.2) is 24.7 Å². The Morgan fingerprint density at radius 3 is 2.82 bits per heavy atom. The van der Waals surface area contributed by atoms with Crippen molar-refractivity contribution in [3.8, 4) is 0 Å². The highest BCUT2D eigenvalue weighted by atomic mass is 32.1. The number of rotatable bonds is 4. The van der Waals surface area contributed by atoms with Gasteiger partial charge in [-0.2, -0.15) is 0 Å². The maximum Gasteiger partial charge on any atom is 0.263 e. The maximum atomic E-state index is 13.5. The molecule has 3 fully saturated rings. The molecule has 1 saturated carbocycles. The molecule has 7 heteroatoms. The second-order valence-corrected chi connectivity index (χ2v) is 10.0. The molecular weight excluding hydrogens is 372 g/mol. The van der Waals surface area contributed by atoms with Crippen molar-refractivity contribution >= 4 is 23.2 Å². The quantitative estimate of drug-likeness (QED) is 0.796. The van der Waals surface area contributed by atoms with Gasteiger partial charge in [-0.3, -0.25) is 9.59 Å². The lowest BCUT2D eigenvalue weighted by Crippen LogP contribution is -2.41. The summed E-state index contributed by atoms with van der Waals surface area (Å²) in [4.78, 5) is 37.1. The number of nitrogens with zero attached hydrogens (tertiary/aromatic N) is 4. The number of aryl methyl sites for hydroxylation is 2. The van der Waals surface area contributed by atoms with Gasteiger partial charge in [0.2, 0.25) is 5.91 Å². The highest BCUT2D eigenvalue weighted by Gasteiger charge is 2.59. The van der Waals surface area contributed by atoms with E-state index >= 15 is 0 Å². The van der Waals surface area contributed by atoms with Gasteiger partial charge in [-0.1, -0.05) is 0 Å². The van der Waals surface area contributed by atoms with Crippen molar-refractivity contribution in [2.45, 2.75) is 32.1 Å². The average Bonchev–Trinajstić information content (AvgIpc) is 3.01. The first-order valence-electron chi connectivity index (χ1n) is 10.1. The summed E-state index contributed by atoms with van der Waals surface area (Å²) in [6.45, 7) is 4.77. The van der Waals surface area contributed by atoms with Crippen LogP contribution in [-0.2, 0) is 11.8 Å². The second-order valence-electron chi connectivity index (χ2n) is 8.71. The fourth-order valence-electron chi connectivity index (χ4n) is 4.87. The fourth-order valence-corrected chi connectivity index (χ4v) is 5.71. The van der Waals surface area contributed by atoms with E-state index in [4.69, 9.17) is 0 Å². The molecule has 2 aliphatic heterocycles. The lowest BCUT2D eigenvalue weighted by atomic mass is 9.75. The summed E-state index contributed by atoms with van der Waals surface area (Å²) in [7, 11) is 1.95. The van der Waals surface area contributed by atoms with Crippen LogP contribution in [0.25, 0.3) is 0 Å². The molecule has 0 N–H and O–H groups in total. The van der Waals surface area contributed by atoms with Crippen molar-refractivity contribution in [2.75, 3.05) is 26.2 Å². The van der Waals surface area contributed by atoms with Crippen LogP contribution in [0.5, 0.6) is 0 Å². The number of hydrogen-bond acceptors (Lipinski definition) is 4. The predicted octanol–water partition coefficient (Wildman–Crippen LogP) is 2.66. The number of thiophene rings is 1. The van der Waals surface area contributed by atoms with E-state index < -0.39 is 5.41 Å². The molecule has 2 saturated heterocycles. The molecule has 0 bridgehead atoms. The molecule has 0 aromatic carbocycles. The minimum Gasteiger partial charge on any atom is -0.342 e. The highest BCUT2D eigenvalue weighted by Crippen LogP contribution is 2.50. The summed E-state index contributed by atoms with van der Waals surface area (Å²) in [6, 6.07) is 3.89. The highest BCUT2D eigenvalue weighted by molar-refractivity contribution is 7.13. The van der Waals surface area contributed by atoms with Gasteiger partial charge in [0.1, 0.15) is 0 Å². The molecule has 3 aliphatic rings. The standard InChI is InChI=1S/C21H26N4O2S/c1-14-3-6-18(28-14)19(26)25-10-16(17-11-23(2)13-22-17)21(12-25)7-8-24(20(21)27)9-15-4-5-15/h3,6,11,13,15-16H,4-5,7-10,12H2,1-2H3/t16-,21-/m1/s1. The van der Waals surface area contributed by atoms with Gasteiger partial charge in [-0.15, -0.1) is 11.3 Å². The number of carbonyl (C=O) groups excluding carboxylic acids is 2. The summed E-state index contributed by atoms with van der Waals surface area (Å²) in [5.74, 6) is 0.924. The monoisotopic (exact) mass is 398 g/mol. The molecule has 28 heavy (non-hydrogen) atoms. The van der Waals surface area contributed by atoms with E-state index in [1.807, 2.05) is 41.8 Å². The lowest BCUT2D eigenvalue weighted by molar-refractivity contribution is -0.136. The topological polar surface area (TPSA) is 58.4 Å². The molecule has 2 atom stereocenters. The van der Waals surface area contributed by atoms with Crippen LogP contribution in [0.2, 0.25) is 0 Å². The van der Waals surface area contributed by atoms with Crippen LogP contribution in [-0.4, -0.2) is 57.3 Å². The van der Waals surface area contributed by atoms with Crippen molar-refractivity contribution < 1.29 is 9.59 Å². The summed E-state index contributed by atoms with van der Waals surface area (Å²) >= 11 is 1.53. The zero-order valence-corrected chi connectivity index (χ0v) is 17.2.